The number of nitrogens with zero attached hydrogens (tertiary/aromatic N) is 1. The molecule has 0 atom stereocenters. The lowest BCUT2D eigenvalue weighted by Gasteiger charge is -2.15. The van der Waals surface area contributed by atoms with Crippen LogP contribution in [0, 0.1) is 0 Å². The van der Waals surface area contributed by atoms with E-state index in [1.54, 1.807) is 12.1 Å². The van der Waals surface area contributed by atoms with E-state index in [9.17, 15) is 23.2 Å². The van der Waals surface area contributed by atoms with Gasteiger partial charge in [0.2, 0.25) is 5.91 Å². The van der Waals surface area contributed by atoms with E-state index in [1.807, 2.05) is 0 Å². The van der Waals surface area contributed by atoms with E-state index in [0.29, 0.717) is 5.56 Å². The Kier molecular flexibility index (Phi) is 7.12. The zero-order valence-electron chi connectivity index (χ0n) is 12.5. The number of halogens is 3. The molecule has 1 aliphatic heterocycles. The summed E-state index contributed by atoms with van der Waals surface area (Å²) in [5.41, 5.74) is 5.63. The first kappa shape index (κ1) is 20.3. The third kappa shape index (κ3) is 5.15. The number of hydrogen-bond acceptors (Lipinski definition) is 5. The van der Waals surface area contributed by atoms with E-state index in [2.05, 4.69) is 5.32 Å². The molecule has 3 amide bonds. The van der Waals surface area contributed by atoms with Crippen molar-refractivity contribution in [3.8, 4) is 0 Å². The number of rotatable bonds is 6. The molecule has 1 aliphatic rings. The second-order valence-electron chi connectivity index (χ2n) is 4.98. The molecule has 1 saturated heterocycles. The molecule has 1 aromatic rings. The Morgan fingerprint density at radius 3 is 2.67 bits per heavy atom. The standard InChI is InChI=1S/C14H15F2N3O3S.ClH/c15-14(16,7-17)8-18-12(21)10-3-1-2-9(4-10)5-19-11(20)6-23-13(19)22;/h1-4H,5-8,17H2,(H,18,21);1H. The molecule has 1 fully saturated rings. The highest BCUT2D eigenvalue weighted by molar-refractivity contribution is 8.14. The van der Waals surface area contributed by atoms with Gasteiger partial charge >= 0.3 is 0 Å². The number of nitrogens with two attached hydrogens (primary N) is 1. The van der Waals surface area contributed by atoms with Crippen molar-refractivity contribution >= 4 is 41.2 Å². The van der Waals surface area contributed by atoms with E-state index < -0.39 is 24.9 Å². The summed E-state index contributed by atoms with van der Waals surface area (Å²) in [6, 6.07) is 6.12. The molecule has 0 bridgehead atoms. The first-order valence-corrected chi connectivity index (χ1v) is 7.73. The maximum absolute atomic E-state index is 13.0. The summed E-state index contributed by atoms with van der Waals surface area (Å²) in [4.78, 5) is 36.1. The third-order valence-electron chi connectivity index (χ3n) is 3.18. The first-order chi connectivity index (χ1) is 10.8. The van der Waals surface area contributed by atoms with E-state index in [1.165, 1.54) is 12.1 Å². The number of benzene rings is 1. The monoisotopic (exact) mass is 379 g/mol. The fraction of sp³-hybridized carbons (Fsp3) is 0.357. The topological polar surface area (TPSA) is 92.5 Å². The number of thioether (sulfide) groups is 1. The number of nitrogens with one attached hydrogen (secondary N) is 1. The lowest BCUT2D eigenvalue weighted by atomic mass is 10.1. The summed E-state index contributed by atoms with van der Waals surface area (Å²) in [6.45, 7) is -1.67. The fourth-order valence-corrected chi connectivity index (χ4v) is 2.64. The van der Waals surface area contributed by atoms with Crippen LogP contribution in [0.15, 0.2) is 24.3 Å². The molecule has 0 aliphatic carbocycles. The minimum atomic E-state index is -3.17. The number of carbonyl (C=O) groups excluding carboxylic acids is 3. The van der Waals surface area contributed by atoms with E-state index in [4.69, 9.17) is 5.73 Å². The maximum Gasteiger partial charge on any atom is 0.289 e. The molecule has 132 valence electrons. The van der Waals surface area contributed by atoms with Crippen LogP contribution in [0.1, 0.15) is 15.9 Å². The van der Waals surface area contributed by atoms with Crippen molar-refractivity contribution in [1.82, 2.24) is 10.2 Å². The molecule has 1 aromatic carbocycles. The first-order valence-electron chi connectivity index (χ1n) is 6.74. The molecule has 24 heavy (non-hydrogen) atoms. The van der Waals surface area contributed by atoms with E-state index in [0.717, 1.165) is 16.7 Å². The predicted octanol–water partition coefficient (Wildman–Crippen LogP) is 1.63. The molecule has 0 radical (unpaired) electrons. The van der Waals surface area contributed by atoms with Crippen LogP contribution in [0.4, 0.5) is 13.6 Å². The van der Waals surface area contributed by atoms with Crippen LogP contribution in [0.25, 0.3) is 0 Å². The van der Waals surface area contributed by atoms with Gasteiger partial charge in [0, 0.05) is 5.56 Å². The minimum Gasteiger partial charge on any atom is -0.346 e. The van der Waals surface area contributed by atoms with Gasteiger partial charge in [-0.15, -0.1) is 12.4 Å². The van der Waals surface area contributed by atoms with Crippen LogP contribution in [-0.4, -0.2) is 46.7 Å². The Balaban J connectivity index is 0.00000288. The lowest BCUT2D eigenvalue weighted by molar-refractivity contribution is -0.125. The zero-order valence-corrected chi connectivity index (χ0v) is 14.1. The molecule has 0 unspecified atom stereocenters. The summed E-state index contributed by atoms with van der Waals surface area (Å²) >= 11 is 0.920. The number of hydrogen-bond donors (Lipinski definition) is 2. The molecule has 10 heteroatoms. The minimum absolute atomic E-state index is 0. The highest BCUT2D eigenvalue weighted by atomic mass is 35.5. The van der Waals surface area contributed by atoms with E-state index in [-0.39, 0.29) is 41.4 Å². The summed E-state index contributed by atoms with van der Waals surface area (Å²) in [6.07, 6.45) is 0. The second-order valence-corrected chi connectivity index (χ2v) is 5.90. The van der Waals surface area contributed by atoms with Gasteiger partial charge in [-0.05, 0) is 17.7 Å². The van der Waals surface area contributed by atoms with Crippen molar-refractivity contribution in [2.45, 2.75) is 12.5 Å². The van der Waals surface area contributed by atoms with Gasteiger partial charge in [-0.3, -0.25) is 19.3 Å². The molecule has 0 saturated carbocycles. The largest absolute Gasteiger partial charge is 0.346 e. The lowest BCUT2D eigenvalue weighted by Crippen LogP contribution is -2.41. The average molecular weight is 380 g/mol. The van der Waals surface area contributed by atoms with Gasteiger partial charge in [-0.25, -0.2) is 8.78 Å². The zero-order chi connectivity index (χ0) is 17.0. The summed E-state index contributed by atoms with van der Waals surface area (Å²) in [7, 11) is 0. The molecule has 0 spiro atoms. The molecule has 1 heterocycles. The van der Waals surface area contributed by atoms with Gasteiger partial charge in [0.1, 0.15) is 0 Å². The summed E-state index contributed by atoms with van der Waals surface area (Å²) in [5.74, 6) is -4.03. The van der Waals surface area contributed by atoms with Crippen molar-refractivity contribution in [2.75, 3.05) is 18.8 Å². The Morgan fingerprint density at radius 2 is 2.08 bits per heavy atom. The SMILES string of the molecule is Cl.NCC(F)(F)CNC(=O)c1cccc(CN2C(=O)CSC2=O)c1. The van der Waals surface area contributed by atoms with Crippen LogP contribution < -0.4 is 11.1 Å². The molecule has 0 aromatic heterocycles. The third-order valence-corrected chi connectivity index (χ3v) is 4.04. The van der Waals surface area contributed by atoms with Gasteiger partial charge in [-0.2, -0.15) is 0 Å². The van der Waals surface area contributed by atoms with Crippen LogP contribution in [0.3, 0.4) is 0 Å². The second kappa shape index (κ2) is 8.41. The fourth-order valence-electron chi connectivity index (χ4n) is 1.91. The van der Waals surface area contributed by atoms with Crippen LogP contribution in [-0.2, 0) is 11.3 Å². The number of carbonyl (C=O) groups is 3. The van der Waals surface area contributed by atoms with Gasteiger partial charge in [0.25, 0.3) is 17.1 Å². The normalized spacial score (nSPS) is 14.5. The molecule has 6 nitrogen and oxygen atoms in total. The summed E-state index contributed by atoms with van der Waals surface area (Å²) in [5, 5.41) is 1.77. The molecule has 2 rings (SSSR count). The van der Waals surface area contributed by atoms with Crippen LogP contribution >= 0.6 is 24.2 Å². The van der Waals surface area contributed by atoms with Gasteiger partial charge < -0.3 is 11.1 Å². The Hall–Kier alpha value is -1.71. The number of amides is 3. The van der Waals surface area contributed by atoms with E-state index >= 15 is 0 Å². The van der Waals surface area contributed by atoms with Crippen molar-refractivity contribution in [3.05, 3.63) is 35.4 Å². The quantitative estimate of drug-likeness (QED) is 0.783. The Labute approximate surface area is 147 Å². The maximum atomic E-state index is 13.0. The molecule has 3 N–H and O–H groups in total. The van der Waals surface area contributed by atoms with Gasteiger partial charge in [-0.1, -0.05) is 23.9 Å². The molecular weight excluding hydrogens is 364 g/mol. The van der Waals surface area contributed by atoms with Gasteiger partial charge in [0.05, 0.1) is 25.4 Å². The number of alkyl halides is 2. The van der Waals surface area contributed by atoms with Gasteiger partial charge in [0.15, 0.2) is 0 Å². The van der Waals surface area contributed by atoms with Crippen molar-refractivity contribution in [2.24, 2.45) is 5.73 Å². The Morgan fingerprint density at radius 1 is 1.38 bits per heavy atom. The molecular formula is C14H16ClF2N3O3S. The highest BCUT2D eigenvalue weighted by Gasteiger charge is 2.30. The Bertz CT molecular complexity index is 629. The smallest absolute Gasteiger partial charge is 0.289 e. The summed E-state index contributed by atoms with van der Waals surface area (Å²) < 4.78 is 26.1. The predicted molar refractivity (Wildman–Crippen MR) is 88.4 cm³/mol. The van der Waals surface area contributed by atoms with Crippen molar-refractivity contribution < 1.29 is 23.2 Å². The van der Waals surface area contributed by atoms with Crippen molar-refractivity contribution in [1.29, 1.82) is 0 Å². The van der Waals surface area contributed by atoms with Crippen molar-refractivity contribution in [3.63, 3.8) is 0 Å². The van der Waals surface area contributed by atoms with Crippen LogP contribution in [0.2, 0.25) is 0 Å². The average Bonchev–Trinajstić information content (AvgIpc) is 2.85. The number of imide groups is 1. The highest BCUT2D eigenvalue weighted by Crippen LogP contribution is 2.21. The van der Waals surface area contributed by atoms with Crippen LogP contribution in [0.5, 0.6) is 0 Å².